The summed E-state index contributed by atoms with van der Waals surface area (Å²) in [5.74, 6) is 1.91. The molecule has 0 radical (unpaired) electrons. The lowest BCUT2D eigenvalue weighted by atomic mass is 10.1. The monoisotopic (exact) mass is 513 g/mol. The van der Waals surface area contributed by atoms with E-state index in [1.807, 2.05) is 6.07 Å². The number of piperazine rings is 1. The van der Waals surface area contributed by atoms with Crippen LogP contribution in [0.1, 0.15) is 39.3 Å². The van der Waals surface area contributed by atoms with Crippen molar-refractivity contribution in [3.05, 3.63) is 53.6 Å². The zero-order valence-electron chi connectivity index (χ0n) is 21.3. The molecule has 36 heavy (non-hydrogen) atoms. The van der Waals surface area contributed by atoms with Gasteiger partial charge in [0.05, 0.1) is 24.8 Å². The molecule has 4 heterocycles. The Morgan fingerprint density at radius 2 is 1.94 bits per heavy atom. The van der Waals surface area contributed by atoms with Crippen LogP contribution in [0.3, 0.4) is 0 Å². The van der Waals surface area contributed by atoms with Gasteiger partial charge in [0.1, 0.15) is 10.8 Å². The summed E-state index contributed by atoms with van der Waals surface area (Å²) in [5, 5.41) is 0.483. The predicted molar refractivity (Wildman–Crippen MR) is 144 cm³/mol. The molecular formula is C26H33ClFN7O. The second-order valence-corrected chi connectivity index (χ2v) is 9.60. The highest BCUT2D eigenvalue weighted by atomic mass is 35.5. The highest BCUT2D eigenvalue weighted by Crippen LogP contribution is 2.31. The number of nitrogens with zero attached hydrogens (tertiary/aromatic N) is 7. The second-order valence-electron chi connectivity index (χ2n) is 9.19. The minimum Gasteiger partial charge on any atom is -0.467 e. The fourth-order valence-electron chi connectivity index (χ4n) is 4.69. The molecule has 10 heteroatoms. The van der Waals surface area contributed by atoms with Crippen LogP contribution in [-0.2, 0) is 0 Å². The van der Waals surface area contributed by atoms with Crippen LogP contribution in [0.4, 0.5) is 22.0 Å². The Kier molecular flexibility index (Phi) is 8.08. The van der Waals surface area contributed by atoms with Crippen molar-refractivity contribution in [2.75, 3.05) is 48.0 Å². The summed E-state index contributed by atoms with van der Waals surface area (Å²) in [7, 11) is 1.54. The molecule has 2 unspecified atom stereocenters. The van der Waals surface area contributed by atoms with Crippen molar-refractivity contribution in [1.82, 2.24) is 19.9 Å². The zero-order valence-corrected chi connectivity index (χ0v) is 22.0. The van der Waals surface area contributed by atoms with Gasteiger partial charge < -0.3 is 19.4 Å². The van der Waals surface area contributed by atoms with Gasteiger partial charge in [0.15, 0.2) is 5.82 Å². The molecule has 2 aromatic rings. The maximum absolute atomic E-state index is 13.5. The van der Waals surface area contributed by atoms with Crippen molar-refractivity contribution in [3.63, 3.8) is 0 Å². The highest BCUT2D eigenvalue weighted by Gasteiger charge is 2.30. The largest absolute Gasteiger partial charge is 0.467 e. The summed E-state index contributed by atoms with van der Waals surface area (Å²) in [6.45, 7) is 12.7. The van der Waals surface area contributed by atoms with Gasteiger partial charge in [-0.3, -0.25) is 0 Å². The third-order valence-electron chi connectivity index (χ3n) is 6.63. The van der Waals surface area contributed by atoms with Gasteiger partial charge in [0.2, 0.25) is 5.95 Å². The Morgan fingerprint density at radius 1 is 1.14 bits per heavy atom. The molecule has 2 aliphatic rings. The number of rotatable bonds is 7. The lowest BCUT2D eigenvalue weighted by Gasteiger charge is -2.41. The van der Waals surface area contributed by atoms with Gasteiger partial charge in [-0.25, -0.2) is 14.4 Å². The van der Waals surface area contributed by atoms with E-state index in [1.54, 1.807) is 18.3 Å². The number of hydrogen-bond acceptors (Lipinski definition) is 8. The quantitative estimate of drug-likeness (QED) is 0.475. The fraction of sp³-hybridized carbons (Fsp3) is 0.462. The summed E-state index contributed by atoms with van der Waals surface area (Å²) in [6.07, 6.45) is 8.65. The van der Waals surface area contributed by atoms with Crippen LogP contribution >= 0.6 is 11.6 Å². The van der Waals surface area contributed by atoms with Gasteiger partial charge in [-0.1, -0.05) is 30.3 Å². The molecule has 8 nitrogen and oxygen atoms in total. The van der Waals surface area contributed by atoms with E-state index in [1.165, 1.54) is 20.1 Å². The summed E-state index contributed by atoms with van der Waals surface area (Å²) >= 11 is 6.41. The van der Waals surface area contributed by atoms with Crippen molar-refractivity contribution >= 4 is 34.8 Å². The van der Waals surface area contributed by atoms with Gasteiger partial charge in [0.25, 0.3) is 0 Å². The first-order chi connectivity index (χ1) is 17.3. The van der Waals surface area contributed by atoms with Crippen molar-refractivity contribution in [1.29, 1.82) is 0 Å². The molecule has 0 spiro atoms. The van der Waals surface area contributed by atoms with Crippen molar-refractivity contribution in [2.45, 2.75) is 45.7 Å². The average molecular weight is 514 g/mol. The highest BCUT2D eigenvalue weighted by molar-refractivity contribution is 6.32. The molecular weight excluding hydrogens is 481 g/mol. The van der Waals surface area contributed by atoms with Crippen LogP contribution in [0, 0.1) is 0 Å². The van der Waals surface area contributed by atoms with E-state index in [0.717, 1.165) is 36.5 Å². The standard InChI is InChI=1S/C26H33ClFN7O/c1-6-20(10-9-17(2)28)22-14-23(34-11-7-8-18(34)3)31-25(30-22)35-13-12-33(16-19(35)4)24-21(27)15-29-26(32-24)36-5/h6,9-10,14-15,18-19H,1,7-8,11-13,16H2,2-5H3/b17-9+,20-10+. The molecule has 0 amide bonds. The summed E-state index contributed by atoms with van der Waals surface area (Å²) in [4.78, 5) is 25.1. The van der Waals surface area contributed by atoms with E-state index >= 15 is 0 Å². The third-order valence-corrected chi connectivity index (χ3v) is 6.89. The topological polar surface area (TPSA) is 70.5 Å². The Morgan fingerprint density at radius 3 is 2.58 bits per heavy atom. The molecule has 192 valence electrons. The first-order valence-electron chi connectivity index (χ1n) is 12.2. The molecule has 0 N–H and O–H groups in total. The number of aromatic nitrogens is 4. The van der Waals surface area contributed by atoms with Crippen LogP contribution in [0.5, 0.6) is 6.01 Å². The van der Waals surface area contributed by atoms with Crippen LogP contribution in [-0.4, -0.2) is 65.3 Å². The number of allylic oxidation sites excluding steroid dienone is 5. The maximum Gasteiger partial charge on any atom is 0.318 e. The average Bonchev–Trinajstić information content (AvgIpc) is 3.30. The molecule has 2 aliphatic heterocycles. The molecule has 2 fully saturated rings. The zero-order chi connectivity index (χ0) is 25.8. The number of methoxy groups -OCH3 is 1. The van der Waals surface area contributed by atoms with Crippen LogP contribution in [0.15, 0.2) is 42.9 Å². The lowest BCUT2D eigenvalue weighted by molar-refractivity contribution is 0.379. The van der Waals surface area contributed by atoms with E-state index in [2.05, 4.69) is 45.1 Å². The molecule has 2 saturated heterocycles. The Balaban J connectivity index is 1.67. The van der Waals surface area contributed by atoms with Gasteiger partial charge in [-0.2, -0.15) is 9.97 Å². The smallest absolute Gasteiger partial charge is 0.318 e. The van der Waals surface area contributed by atoms with Gasteiger partial charge >= 0.3 is 6.01 Å². The molecule has 0 bridgehead atoms. The second kappa shape index (κ2) is 11.2. The molecule has 0 aliphatic carbocycles. The Labute approximate surface area is 217 Å². The van der Waals surface area contributed by atoms with E-state index < -0.39 is 0 Å². The predicted octanol–water partition coefficient (Wildman–Crippen LogP) is 5.08. The molecule has 0 saturated carbocycles. The molecule has 2 aromatic heterocycles. The van der Waals surface area contributed by atoms with Crippen molar-refractivity contribution < 1.29 is 9.13 Å². The number of hydrogen-bond donors (Lipinski definition) is 0. The van der Waals surface area contributed by atoms with E-state index in [4.69, 9.17) is 26.3 Å². The summed E-state index contributed by atoms with van der Waals surface area (Å²) in [6, 6.07) is 2.74. The third kappa shape index (κ3) is 5.61. The maximum atomic E-state index is 13.5. The Bertz CT molecular complexity index is 1170. The first-order valence-corrected chi connectivity index (χ1v) is 12.6. The van der Waals surface area contributed by atoms with E-state index in [0.29, 0.717) is 42.5 Å². The summed E-state index contributed by atoms with van der Waals surface area (Å²) in [5.41, 5.74) is 1.47. The van der Waals surface area contributed by atoms with Gasteiger partial charge in [-0.15, -0.1) is 0 Å². The van der Waals surface area contributed by atoms with Gasteiger partial charge in [-0.05, 0) is 45.3 Å². The first kappa shape index (κ1) is 25.9. The lowest BCUT2D eigenvalue weighted by Crippen LogP contribution is -2.53. The van der Waals surface area contributed by atoms with Crippen molar-refractivity contribution in [3.8, 4) is 6.01 Å². The minimum atomic E-state index is -0.276. The minimum absolute atomic E-state index is 0.0824. The van der Waals surface area contributed by atoms with E-state index in [9.17, 15) is 4.39 Å². The van der Waals surface area contributed by atoms with Crippen LogP contribution < -0.4 is 19.4 Å². The van der Waals surface area contributed by atoms with Gasteiger partial charge in [0, 0.05) is 44.3 Å². The Hall–Kier alpha value is -3.20. The molecule has 2 atom stereocenters. The van der Waals surface area contributed by atoms with Crippen molar-refractivity contribution in [2.24, 2.45) is 0 Å². The molecule has 0 aromatic carbocycles. The SMILES string of the molecule is C=C/C(=C\C=C(/C)F)c1cc(N2CCCC2C)nc(N2CCN(c3nc(OC)ncc3Cl)CC2C)n1. The number of halogens is 2. The number of anilines is 3. The van der Waals surface area contributed by atoms with Crippen LogP contribution in [0.25, 0.3) is 5.57 Å². The summed E-state index contributed by atoms with van der Waals surface area (Å²) < 4.78 is 18.7. The normalized spacial score (nSPS) is 21.2. The van der Waals surface area contributed by atoms with Crippen LogP contribution in [0.2, 0.25) is 5.02 Å². The fourth-order valence-corrected chi connectivity index (χ4v) is 4.90. The number of ether oxygens (including phenoxy) is 1. The van der Waals surface area contributed by atoms with E-state index in [-0.39, 0.29) is 17.9 Å². The molecule has 4 rings (SSSR count).